The molecule has 122 valence electrons. The number of aromatic nitrogens is 2. The van der Waals surface area contributed by atoms with Crippen molar-refractivity contribution in [1.82, 2.24) is 19.4 Å². The van der Waals surface area contributed by atoms with E-state index in [1.807, 2.05) is 39.9 Å². The zero-order chi connectivity index (χ0) is 16.2. The van der Waals surface area contributed by atoms with E-state index in [9.17, 15) is 4.79 Å². The van der Waals surface area contributed by atoms with E-state index < -0.39 is 0 Å². The van der Waals surface area contributed by atoms with Gasteiger partial charge in [-0.1, -0.05) is 12.1 Å². The summed E-state index contributed by atoms with van der Waals surface area (Å²) in [6, 6.07) is 8.47. The first-order valence-electron chi connectivity index (χ1n) is 8.21. The number of imidazole rings is 1. The Morgan fingerprint density at radius 1 is 1.13 bits per heavy atom. The molecule has 23 heavy (non-hydrogen) atoms. The van der Waals surface area contributed by atoms with Crippen LogP contribution in [0.3, 0.4) is 0 Å². The first-order valence-corrected chi connectivity index (χ1v) is 8.21. The summed E-state index contributed by atoms with van der Waals surface area (Å²) in [4.78, 5) is 21.0. The van der Waals surface area contributed by atoms with Crippen LogP contribution in [-0.4, -0.2) is 57.5 Å². The largest absolute Gasteiger partial charge is 0.336 e. The van der Waals surface area contributed by atoms with Crippen LogP contribution >= 0.6 is 0 Å². The molecule has 0 atom stereocenters. The number of rotatable bonds is 4. The van der Waals surface area contributed by atoms with Gasteiger partial charge in [0.25, 0.3) is 5.91 Å². The van der Waals surface area contributed by atoms with E-state index in [1.54, 1.807) is 12.5 Å². The maximum atomic E-state index is 12.6. The van der Waals surface area contributed by atoms with Crippen LogP contribution < -0.4 is 0 Å². The van der Waals surface area contributed by atoms with Gasteiger partial charge in [-0.2, -0.15) is 0 Å². The number of carbonyl (C=O) groups is 1. The van der Waals surface area contributed by atoms with Crippen molar-refractivity contribution in [3.05, 3.63) is 54.1 Å². The predicted molar refractivity (Wildman–Crippen MR) is 90.4 cm³/mol. The molecular weight excluding hydrogens is 288 g/mol. The summed E-state index contributed by atoms with van der Waals surface area (Å²) >= 11 is 0. The van der Waals surface area contributed by atoms with Gasteiger partial charge in [0.2, 0.25) is 0 Å². The fourth-order valence-electron chi connectivity index (χ4n) is 2.97. The highest BCUT2D eigenvalue weighted by molar-refractivity contribution is 5.94. The van der Waals surface area contributed by atoms with Gasteiger partial charge in [-0.3, -0.25) is 9.69 Å². The third kappa shape index (κ3) is 3.79. The summed E-state index contributed by atoms with van der Waals surface area (Å²) in [5.74, 6) is 0.141. The van der Waals surface area contributed by atoms with Gasteiger partial charge in [0.05, 0.1) is 6.33 Å². The summed E-state index contributed by atoms with van der Waals surface area (Å²) < 4.78 is 2.02. The molecule has 0 spiro atoms. The predicted octanol–water partition coefficient (Wildman–Crippen LogP) is 2.10. The lowest BCUT2D eigenvalue weighted by molar-refractivity contribution is 0.0595. The lowest BCUT2D eigenvalue weighted by Gasteiger charge is -2.37. The van der Waals surface area contributed by atoms with Gasteiger partial charge in [-0.05, 0) is 31.5 Å². The molecule has 1 fully saturated rings. The Balaban J connectivity index is 1.60. The molecule has 3 rings (SSSR count). The summed E-state index contributed by atoms with van der Waals surface area (Å²) in [6.07, 6.45) is 5.51. The van der Waals surface area contributed by atoms with Crippen molar-refractivity contribution >= 4 is 5.91 Å². The molecule has 2 heterocycles. The summed E-state index contributed by atoms with van der Waals surface area (Å²) in [5, 5.41) is 0. The smallest absolute Gasteiger partial charge is 0.253 e. The Labute approximate surface area is 137 Å². The topological polar surface area (TPSA) is 41.4 Å². The lowest BCUT2D eigenvalue weighted by Crippen LogP contribution is -2.50. The molecule has 5 heteroatoms. The summed E-state index contributed by atoms with van der Waals surface area (Å²) in [7, 11) is 0. The minimum absolute atomic E-state index is 0.141. The van der Waals surface area contributed by atoms with E-state index in [-0.39, 0.29) is 5.91 Å². The fraction of sp³-hybridized carbons (Fsp3) is 0.444. The zero-order valence-electron chi connectivity index (χ0n) is 13.9. The van der Waals surface area contributed by atoms with Crippen LogP contribution in [0.2, 0.25) is 0 Å². The van der Waals surface area contributed by atoms with Crippen LogP contribution in [0.4, 0.5) is 0 Å². The lowest BCUT2D eigenvalue weighted by atomic mass is 10.1. The third-order valence-electron chi connectivity index (χ3n) is 4.46. The van der Waals surface area contributed by atoms with Gasteiger partial charge < -0.3 is 9.47 Å². The van der Waals surface area contributed by atoms with Gasteiger partial charge in [-0.25, -0.2) is 4.98 Å². The fourth-order valence-corrected chi connectivity index (χ4v) is 2.97. The standard InChI is InChI=1S/C18H24N4O/c1-15(2)21-9-11-22(12-10-21)18(23)17-5-3-16(4-6-17)13-20-8-7-19-14-20/h3-8,14-15H,9-13H2,1-2H3. The Hall–Kier alpha value is -2.14. The average Bonchev–Trinajstić information content (AvgIpc) is 3.08. The number of nitrogens with zero attached hydrogens (tertiary/aromatic N) is 4. The van der Waals surface area contributed by atoms with Crippen molar-refractivity contribution in [2.75, 3.05) is 26.2 Å². The average molecular weight is 312 g/mol. The number of carbonyl (C=O) groups excluding carboxylic acids is 1. The SMILES string of the molecule is CC(C)N1CCN(C(=O)c2ccc(Cn3ccnc3)cc2)CC1. The van der Waals surface area contributed by atoms with Crippen LogP contribution in [0.25, 0.3) is 0 Å². The Morgan fingerprint density at radius 2 is 1.83 bits per heavy atom. The Bertz CT molecular complexity index is 626. The maximum absolute atomic E-state index is 12.6. The third-order valence-corrected chi connectivity index (χ3v) is 4.46. The normalized spacial score (nSPS) is 16.0. The summed E-state index contributed by atoms with van der Waals surface area (Å²) in [6.45, 7) is 8.74. The van der Waals surface area contributed by atoms with Crippen molar-refractivity contribution in [2.45, 2.75) is 26.4 Å². The number of hydrogen-bond acceptors (Lipinski definition) is 3. The molecule has 0 saturated carbocycles. The van der Waals surface area contributed by atoms with Crippen LogP contribution in [0, 0.1) is 0 Å². The van der Waals surface area contributed by atoms with Gasteiger partial charge in [0.1, 0.15) is 0 Å². The van der Waals surface area contributed by atoms with E-state index in [1.165, 1.54) is 5.56 Å². The molecule has 1 aromatic heterocycles. The minimum Gasteiger partial charge on any atom is -0.336 e. The highest BCUT2D eigenvalue weighted by Crippen LogP contribution is 2.12. The second-order valence-electron chi connectivity index (χ2n) is 6.35. The zero-order valence-corrected chi connectivity index (χ0v) is 13.9. The first kappa shape index (κ1) is 15.7. The van der Waals surface area contributed by atoms with E-state index in [0.717, 1.165) is 38.3 Å². The minimum atomic E-state index is 0.141. The van der Waals surface area contributed by atoms with E-state index in [4.69, 9.17) is 0 Å². The molecular formula is C18H24N4O. The van der Waals surface area contributed by atoms with Crippen molar-refractivity contribution in [2.24, 2.45) is 0 Å². The van der Waals surface area contributed by atoms with E-state index >= 15 is 0 Å². The monoisotopic (exact) mass is 312 g/mol. The van der Waals surface area contributed by atoms with Crippen molar-refractivity contribution < 1.29 is 4.79 Å². The quantitative estimate of drug-likeness (QED) is 0.868. The van der Waals surface area contributed by atoms with Crippen LogP contribution in [-0.2, 0) is 6.54 Å². The van der Waals surface area contributed by atoms with Gasteiger partial charge >= 0.3 is 0 Å². The highest BCUT2D eigenvalue weighted by atomic mass is 16.2. The molecule has 1 aliphatic heterocycles. The second kappa shape index (κ2) is 6.96. The molecule has 0 aliphatic carbocycles. The second-order valence-corrected chi connectivity index (χ2v) is 6.35. The van der Waals surface area contributed by atoms with Gasteiger partial charge in [-0.15, -0.1) is 0 Å². The Morgan fingerprint density at radius 3 is 2.39 bits per heavy atom. The highest BCUT2D eigenvalue weighted by Gasteiger charge is 2.23. The van der Waals surface area contributed by atoms with Crippen molar-refractivity contribution in [3.8, 4) is 0 Å². The molecule has 0 unspecified atom stereocenters. The molecule has 0 bridgehead atoms. The molecule has 1 amide bonds. The van der Waals surface area contributed by atoms with Gasteiger partial charge in [0.15, 0.2) is 0 Å². The number of amides is 1. The van der Waals surface area contributed by atoms with E-state index in [2.05, 4.69) is 23.7 Å². The number of piperazine rings is 1. The molecule has 0 radical (unpaired) electrons. The van der Waals surface area contributed by atoms with Gasteiger partial charge in [0, 0.05) is 56.7 Å². The molecule has 1 aliphatic rings. The number of hydrogen-bond donors (Lipinski definition) is 0. The van der Waals surface area contributed by atoms with Crippen LogP contribution in [0.15, 0.2) is 43.0 Å². The van der Waals surface area contributed by atoms with E-state index in [0.29, 0.717) is 6.04 Å². The Kier molecular flexibility index (Phi) is 4.76. The molecule has 2 aromatic rings. The van der Waals surface area contributed by atoms with Crippen molar-refractivity contribution in [1.29, 1.82) is 0 Å². The van der Waals surface area contributed by atoms with Crippen LogP contribution in [0.5, 0.6) is 0 Å². The molecule has 5 nitrogen and oxygen atoms in total. The van der Waals surface area contributed by atoms with Crippen molar-refractivity contribution in [3.63, 3.8) is 0 Å². The first-order chi connectivity index (χ1) is 11.1. The summed E-state index contributed by atoms with van der Waals surface area (Å²) in [5.41, 5.74) is 1.95. The van der Waals surface area contributed by atoms with Crippen LogP contribution in [0.1, 0.15) is 29.8 Å². The molecule has 1 saturated heterocycles. The molecule has 0 N–H and O–H groups in total. The number of benzene rings is 1. The maximum Gasteiger partial charge on any atom is 0.253 e. The molecule has 1 aromatic carbocycles.